The van der Waals surface area contributed by atoms with Gasteiger partial charge in [0.2, 0.25) is 0 Å². The molecule has 1 aliphatic heterocycles. The van der Waals surface area contributed by atoms with Gasteiger partial charge in [0.25, 0.3) is 0 Å². The molecule has 0 spiro atoms. The van der Waals surface area contributed by atoms with Crippen LogP contribution in [0.25, 0.3) is 0 Å². The highest BCUT2D eigenvalue weighted by molar-refractivity contribution is 5.54. The normalized spacial score (nSPS) is 18.8. The van der Waals surface area contributed by atoms with Crippen molar-refractivity contribution < 1.29 is 4.74 Å². The second kappa shape index (κ2) is 7.60. The predicted octanol–water partition coefficient (Wildman–Crippen LogP) is 2.36. The third kappa shape index (κ3) is 3.93. The van der Waals surface area contributed by atoms with Gasteiger partial charge in [0.15, 0.2) is 0 Å². The van der Waals surface area contributed by atoms with Gasteiger partial charge in [0, 0.05) is 55.8 Å². The second-order valence-electron chi connectivity index (χ2n) is 5.69. The number of hydrogen-bond acceptors (Lipinski definition) is 4. The van der Waals surface area contributed by atoms with Crippen molar-refractivity contribution in [1.82, 2.24) is 10.3 Å². The third-order valence-corrected chi connectivity index (χ3v) is 3.87. The molecule has 1 N–H and O–H groups in total. The molecule has 1 aromatic heterocycles. The summed E-state index contributed by atoms with van der Waals surface area (Å²) in [7, 11) is 1.79. The molecule has 0 saturated carbocycles. The molecule has 0 radical (unpaired) electrons. The zero-order valence-electron chi connectivity index (χ0n) is 13.0. The van der Waals surface area contributed by atoms with Gasteiger partial charge in [0.05, 0.1) is 6.61 Å². The number of hydrogen-bond donors (Lipinski definition) is 1. The molecule has 0 amide bonds. The molecule has 1 aliphatic rings. The summed E-state index contributed by atoms with van der Waals surface area (Å²) >= 11 is 0. The van der Waals surface area contributed by atoms with Gasteiger partial charge in [-0.3, -0.25) is 4.98 Å². The summed E-state index contributed by atoms with van der Waals surface area (Å²) in [5.41, 5.74) is 3.75. The van der Waals surface area contributed by atoms with Gasteiger partial charge in [-0.1, -0.05) is 6.92 Å². The molecule has 1 saturated heterocycles. The van der Waals surface area contributed by atoms with Crippen LogP contribution >= 0.6 is 0 Å². The molecule has 20 heavy (non-hydrogen) atoms. The predicted molar refractivity (Wildman–Crippen MR) is 83.2 cm³/mol. The van der Waals surface area contributed by atoms with E-state index in [1.54, 1.807) is 7.11 Å². The first-order valence-electron chi connectivity index (χ1n) is 7.64. The SMILES string of the molecule is CCCNCc1cnc(C)cc1N1CCC(COC)C1. The van der Waals surface area contributed by atoms with Crippen LogP contribution in [0.3, 0.4) is 0 Å². The minimum absolute atomic E-state index is 0.657. The maximum atomic E-state index is 5.29. The summed E-state index contributed by atoms with van der Waals surface area (Å²) in [6.07, 6.45) is 4.41. The number of nitrogens with one attached hydrogen (secondary N) is 1. The lowest BCUT2D eigenvalue weighted by Gasteiger charge is -2.22. The maximum absolute atomic E-state index is 5.29. The molecular weight excluding hydrogens is 250 g/mol. The van der Waals surface area contributed by atoms with Crippen LogP contribution in [-0.4, -0.2) is 38.3 Å². The lowest BCUT2D eigenvalue weighted by molar-refractivity contribution is 0.161. The molecule has 112 valence electrons. The van der Waals surface area contributed by atoms with Gasteiger partial charge in [-0.25, -0.2) is 0 Å². The maximum Gasteiger partial charge on any atom is 0.0508 e. The van der Waals surface area contributed by atoms with Crippen LogP contribution in [0.1, 0.15) is 31.0 Å². The summed E-state index contributed by atoms with van der Waals surface area (Å²) in [6, 6.07) is 2.22. The van der Waals surface area contributed by atoms with E-state index in [1.165, 1.54) is 17.7 Å². The van der Waals surface area contributed by atoms with E-state index in [4.69, 9.17) is 4.74 Å². The number of nitrogens with zero attached hydrogens (tertiary/aromatic N) is 2. The Morgan fingerprint density at radius 1 is 1.50 bits per heavy atom. The number of aromatic nitrogens is 1. The van der Waals surface area contributed by atoms with Crippen LogP contribution in [0.4, 0.5) is 5.69 Å². The molecule has 1 aromatic rings. The fourth-order valence-corrected chi connectivity index (χ4v) is 2.83. The Bertz CT molecular complexity index is 422. The number of methoxy groups -OCH3 is 1. The average molecular weight is 277 g/mol. The van der Waals surface area contributed by atoms with Crippen LogP contribution in [-0.2, 0) is 11.3 Å². The fraction of sp³-hybridized carbons (Fsp3) is 0.688. The van der Waals surface area contributed by atoms with E-state index < -0.39 is 0 Å². The van der Waals surface area contributed by atoms with Crippen molar-refractivity contribution in [2.45, 2.75) is 33.2 Å². The summed E-state index contributed by atoms with van der Waals surface area (Å²) in [5, 5.41) is 3.48. The quantitative estimate of drug-likeness (QED) is 0.776. The van der Waals surface area contributed by atoms with Crippen molar-refractivity contribution in [2.24, 2.45) is 5.92 Å². The molecule has 0 bridgehead atoms. The van der Waals surface area contributed by atoms with Crippen LogP contribution < -0.4 is 10.2 Å². The largest absolute Gasteiger partial charge is 0.384 e. The Morgan fingerprint density at radius 3 is 3.10 bits per heavy atom. The minimum Gasteiger partial charge on any atom is -0.384 e. The Labute approximate surface area is 122 Å². The monoisotopic (exact) mass is 277 g/mol. The first kappa shape index (κ1) is 15.3. The van der Waals surface area contributed by atoms with E-state index in [9.17, 15) is 0 Å². The lowest BCUT2D eigenvalue weighted by atomic mass is 10.1. The van der Waals surface area contributed by atoms with E-state index in [2.05, 4.69) is 35.1 Å². The molecule has 2 heterocycles. The summed E-state index contributed by atoms with van der Waals surface area (Å²) in [4.78, 5) is 6.94. The Hall–Kier alpha value is -1.13. The van der Waals surface area contributed by atoms with Crippen molar-refractivity contribution in [3.8, 4) is 0 Å². The fourth-order valence-electron chi connectivity index (χ4n) is 2.83. The van der Waals surface area contributed by atoms with Crippen molar-refractivity contribution >= 4 is 5.69 Å². The van der Waals surface area contributed by atoms with Gasteiger partial charge >= 0.3 is 0 Å². The first-order chi connectivity index (χ1) is 9.74. The Kier molecular flexibility index (Phi) is 5.80. The smallest absolute Gasteiger partial charge is 0.0508 e. The average Bonchev–Trinajstić information content (AvgIpc) is 2.89. The molecular formula is C16H27N3O. The summed E-state index contributed by atoms with van der Waals surface area (Å²) in [5.74, 6) is 0.657. The highest BCUT2D eigenvalue weighted by Crippen LogP contribution is 2.27. The van der Waals surface area contributed by atoms with Crippen molar-refractivity contribution in [3.63, 3.8) is 0 Å². The third-order valence-electron chi connectivity index (χ3n) is 3.87. The van der Waals surface area contributed by atoms with E-state index in [0.717, 1.165) is 44.9 Å². The molecule has 0 aromatic carbocycles. The van der Waals surface area contributed by atoms with Crippen molar-refractivity contribution in [1.29, 1.82) is 0 Å². The van der Waals surface area contributed by atoms with Gasteiger partial charge < -0.3 is 15.0 Å². The van der Waals surface area contributed by atoms with Gasteiger partial charge in [-0.05, 0) is 32.4 Å². The van der Waals surface area contributed by atoms with E-state index >= 15 is 0 Å². The Morgan fingerprint density at radius 2 is 2.35 bits per heavy atom. The standard InChI is InChI=1S/C16H27N3O/c1-4-6-17-9-15-10-18-13(2)8-16(15)19-7-5-14(11-19)12-20-3/h8,10,14,17H,4-7,9,11-12H2,1-3H3. The number of ether oxygens (including phenoxy) is 1. The molecule has 1 fully saturated rings. The number of anilines is 1. The lowest BCUT2D eigenvalue weighted by Crippen LogP contribution is -2.24. The van der Waals surface area contributed by atoms with Crippen LogP contribution in [0.2, 0.25) is 0 Å². The minimum atomic E-state index is 0.657. The molecule has 0 aliphatic carbocycles. The molecule has 2 rings (SSSR count). The van der Waals surface area contributed by atoms with Crippen molar-refractivity contribution in [2.75, 3.05) is 38.3 Å². The zero-order chi connectivity index (χ0) is 14.4. The zero-order valence-corrected chi connectivity index (χ0v) is 13.0. The topological polar surface area (TPSA) is 37.4 Å². The highest BCUT2D eigenvalue weighted by Gasteiger charge is 2.24. The van der Waals surface area contributed by atoms with Crippen LogP contribution in [0.15, 0.2) is 12.3 Å². The molecule has 4 heteroatoms. The first-order valence-corrected chi connectivity index (χ1v) is 7.64. The van der Waals surface area contributed by atoms with Crippen LogP contribution in [0.5, 0.6) is 0 Å². The summed E-state index contributed by atoms with van der Waals surface area (Å²) in [6.45, 7) is 9.30. The van der Waals surface area contributed by atoms with Gasteiger partial charge in [-0.2, -0.15) is 0 Å². The summed E-state index contributed by atoms with van der Waals surface area (Å²) < 4.78 is 5.29. The molecule has 1 atom stereocenters. The van der Waals surface area contributed by atoms with Crippen LogP contribution in [0, 0.1) is 12.8 Å². The van der Waals surface area contributed by atoms with E-state index in [-0.39, 0.29) is 0 Å². The highest BCUT2D eigenvalue weighted by atomic mass is 16.5. The second-order valence-corrected chi connectivity index (χ2v) is 5.69. The number of rotatable bonds is 7. The Balaban J connectivity index is 2.07. The van der Waals surface area contributed by atoms with E-state index in [1.807, 2.05) is 6.20 Å². The molecule has 1 unspecified atom stereocenters. The number of pyridine rings is 1. The van der Waals surface area contributed by atoms with Gasteiger partial charge in [0.1, 0.15) is 0 Å². The van der Waals surface area contributed by atoms with E-state index in [0.29, 0.717) is 5.92 Å². The number of aryl methyl sites for hydroxylation is 1. The molecule has 4 nitrogen and oxygen atoms in total. The van der Waals surface area contributed by atoms with Gasteiger partial charge in [-0.15, -0.1) is 0 Å². The van der Waals surface area contributed by atoms with Crippen molar-refractivity contribution in [3.05, 3.63) is 23.5 Å².